The van der Waals surface area contributed by atoms with Gasteiger partial charge in [0.2, 0.25) is 0 Å². The third-order valence-electron chi connectivity index (χ3n) is 3.11. The molecule has 1 aromatic heterocycles. The Bertz CT molecular complexity index is 581. The van der Waals surface area contributed by atoms with Gasteiger partial charge in [0.25, 0.3) is 5.91 Å². The van der Waals surface area contributed by atoms with Gasteiger partial charge < -0.3 is 9.64 Å². The number of amides is 1. The third kappa shape index (κ3) is 2.11. The number of thiazole rings is 1. The van der Waals surface area contributed by atoms with E-state index in [1.807, 2.05) is 30.0 Å². The molecule has 1 aliphatic heterocycles. The molecule has 0 radical (unpaired) electrons. The second kappa shape index (κ2) is 4.66. The molecule has 18 heavy (non-hydrogen) atoms. The Kier molecular flexibility index (Phi) is 3.01. The fourth-order valence-electron chi connectivity index (χ4n) is 2.17. The summed E-state index contributed by atoms with van der Waals surface area (Å²) in [6.07, 6.45) is 0.120. The molecule has 1 fully saturated rings. The maximum atomic E-state index is 12.4. The van der Waals surface area contributed by atoms with Crippen molar-refractivity contribution >= 4 is 27.5 Å². The molecule has 2 aromatic rings. The minimum Gasteiger partial charge on any atom is -0.375 e. The molecule has 94 valence electrons. The van der Waals surface area contributed by atoms with Crippen LogP contribution in [0.15, 0.2) is 23.7 Å². The van der Waals surface area contributed by atoms with Gasteiger partial charge in [-0.2, -0.15) is 0 Å². The van der Waals surface area contributed by atoms with E-state index in [2.05, 4.69) is 4.98 Å². The molecule has 0 aliphatic carbocycles. The Morgan fingerprint density at radius 3 is 3.28 bits per heavy atom. The summed E-state index contributed by atoms with van der Waals surface area (Å²) in [5, 5.41) is 0. The van der Waals surface area contributed by atoms with Crippen molar-refractivity contribution in [2.45, 2.75) is 13.0 Å². The Balaban J connectivity index is 1.86. The summed E-state index contributed by atoms with van der Waals surface area (Å²) in [6.45, 7) is 3.95. The second-order valence-corrected chi connectivity index (χ2v) is 5.35. The quantitative estimate of drug-likeness (QED) is 0.791. The van der Waals surface area contributed by atoms with E-state index in [0.29, 0.717) is 19.7 Å². The molecular weight excluding hydrogens is 248 g/mol. The molecule has 0 saturated carbocycles. The fraction of sp³-hybridized carbons (Fsp3) is 0.385. The predicted octanol–water partition coefficient (Wildman–Crippen LogP) is 2.16. The smallest absolute Gasteiger partial charge is 0.254 e. The number of hydrogen-bond donors (Lipinski definition) is 0. The Morgan fingerprint density at radius 1 is 1.56 bits per heavy atom. The summed E-state index contributed by atoms with van der Waals surface area (Å²) in [5.41, 5.74) is 3.49. The lowest BCUT2D eigenvalue weighted by Crippen LogP contribution is -2.44. The number of carbonyl (C=O) groups excluding carboxylic acids is 1. The van der Waals surface area contributed by atoms with Gasteiger partial charge in [0, 0.05) is 18.7 Å². The molecule has 3 rings (SSSR count). The van der Waals surface area contributed by atoms with Crippen molar-refractivity contribution in [1.29, 1.82) is 0 Å². The van der Waals surface area contributed by atoms with Crippen LogP contribution in [0.25, 0.3) is 10.2 Å². The van der Waals surface area contributed by atoms with Crippen LogP contribution in [-0.4, -0.2) is 41.6 Å². The lowest BCUT2D eigenvalue weighted by atomic mass is 10.1. The number of nitrogens with zero attached hydrogens (tertiary/aromatic N) is 2. The van der Waals surface area contributed by atoms with Crippen molar-refractivity contribution in [2.24, 2.45) is 0 Å². The lowest BCUT2D eigenvalue weighted by Gasteiger charge is -2.31. The van der Waals surface area contributed by atoms with Crippen LogP contribution in [0.4, 0.5) is 0 Å². The summed E-state index contributed by atoms with van der Waals surface area (Å²) in [4.78, 5) is 18.4. The number of ether oxygens (including phenoxy) is 1. The number of morpholine rings is 1. The van der Waals surface area contributed by atoms with Crippen LogP contribution in [0.2, 0.25) is 0 Å². The lowest BCUT2D eigenvalue weighted by molar-refractivity contribution is -0.0124. The number of fused-ring (bicyclic) bond motifs is 1. The average Bonchev–Trinajstić information content (AvgIpc) is 2.85. The maximum absolute atomic E-state index is 12.4. The Hall–Kier alpha value is -1.46. The first kappa shape index (κ1) is 11.6. The highest BCUT2D eigenvalue weighted by Crippen LogP contribution is 2.20. The van der Waals surface area contributed by atoms with Gasteiger partial charge in [-0.1, -0.05) is 0 Å². The number of benzene rings is 1. The molecule has 5 heteroatoms. The predicted molar refractivity (Wildman–Crippen MR) is 70.9 cm³/mol. The summed E-state index contributed by atoms with van der Waals surface area (Å²) in [7, 11) is 0. The maximum Gasteiger partial charge on any atom is 0.254 e. The molecule has 2 heterocycles. The first-order chi connectivity index (χ1) is 8.74. The van der Waals surface area contributed by atoms with Crippen molar-refractivity contribution < 1.29 is 9.53 Å². The summed E-state index contributed by atoms with van der Waals surface area (Å²) < 4.78 is 6.51. The van der Waals surface area contributed by atoms with Crippen LogP contribution in [0.3, 0.4) is 0 Å². The van der Waals surface area contributed by atoms with Crippen molar-refractivity contribution in [2.75, 3.05) is 19.7 Å². The van der Waals surface area contributed by atoms with Crippen LogP contribution < -0.4 is 0 Å². The summed E-state index contributed by atoms with van der Waals surface area (Å²) in [6, 6.07) is 5.68. The van der Waals surface area contributed by atoms with Gasteiger partial charge >= 0.3 is 0 Å². The molecule has 0 N–H and O–H groups in total. The fourth-order valence-corrected chi connectivity index (χ4v) is 2.89. The van der Waals surface area contributed by atoms with Crippen LogP contribution in [0.1, 0.15) is 17.3 Å². The zero-order valence-electron chi connectivity index (χ0n) is 10.1. The third-order valence-corrected chi connectivity index (χ3v) is 3.90. The highest BCUT2D eigenvalue weighted by Gasteiger charge is 2.22. The first-order valence-electron chi connectivity index (χ1n) is 5.98. The molecule has 0 spiro atoms. The number of aromatic nitrogens is 1. The number of hydrogen-bond acceptors (Lipinski definition) is 4. The van der Waals surface area contributed by atoms with E-state index in [1.54, 1.807) is 16.8 Å². The Labute approximate surface area is 109 Å². The van der Waals surface area contributed by atoms with Gasteiger partial charge in [-0.05, 0) is 25.1 Å². The largest absolute Gasteiger partial charge is 0.375 e. The standard InChI is InChI=1S/C13H14N2O2S/c1-9-7-15(4-5-17-9)13(16)10-2-3-11-12(6-10)18-8-14-11/h2-3,6,8-9H,4-5,7H2,1H3. The second-order valence-electron chi connectivity index (χ2n) is 4.47. The van der Waals surface area contributed by atoms with Crippen LogP contribution in [-0.2, 0) is 4.74 Å². The molecule has 0 bridgehead atoms. The van der Waals surface area contributed by atoms with E-state index >= 15 is 0 Å². The van der Waals surface area contributed by atoms with Gasteiger partial charge in [-0.25, -0.2) is 4.98 Å². The summed E-state index contributed by atoms with van der Waals surface area (Å²) in [5.74, 6) is 0.0838. The number of rotatable bonds is 1. The van der Waals surface area contributed by atoms with Crippen LogP contribution in [0.5, 0.6) is 0 Å². The van der Waals surface area contributed by atoms with Crippen molar-refractivity contribution in [3.63, 3.8) is 0 Å². The van der Waals surface area contributed by atoms with Crippen molar-refractivity contribution in [3.05, 3.63) is 29.3 Å². The molecule has 1 unspecified atom stereocenters. The molecule has 4 nitrogen and oxygen atoms in total. The van der Waals surface area contributed by atoms with E-state index in [1.165, 1.54) is 0 Å². The molecule has 1 atom stereocenters. The van der Waals surface area contributed by atoms with E-state index < -0.39 is 0 Å². The van der Waals surface area contributed by atoms with Crippen molar-refractivity contribution in [3.8, 4) is 0 Å². The van der Waals surface area contributed by atoms with Crippen molar-refractivity contribution in [1.82, 2.24) is 9.88 Å². The van der Waals surface area contributed by atoms with E-state index in [0.717, 1.165) is 15.8 Å². The minimum atomic E-state index is 0.0838. The van der Waals surface area contributed by atoms with E-state index in [-0.39, 0.29) is 12.0 Å². The monoisotopic (exact) mass is 262 g/mol. The highest BCUT2D eigenvalue weighted by atomic mass is 32.1. The van der Waals surface area contributed by atoms with Crippen LogP contribution >= 0.6 is 11.3 Å². The minimum absolute atomic E-state index is 0.0838. The van der Waals surface area contributed by atoms with Gasteiger partial charge in [0.05, 0.1) is 28.4 Å². The SMILES string of the molecule is CC1CN(C(=O)c2ccc3ncsc3c2)CCO1. The van der Waals surface area contributed by atoms with Crippen LogP contribution in [0, 0.1) is 0 Å². The zero-order valence-corrected chi connectivity index (χ0v) is 10.9. The summed E-state index contributed by atoms with van der Waals surface area (Å²) >= 11 is 1.56. The molecule has 1 amide bonds. The van der Waals surface area contributed by atoms with Gasteiger partial charge in [-0.15, -0.1) is 11.3 Å². The zero-order chi connectivity index (χ0) is 12.5. The van der Waals surface area contributed by atoms with Gasteiger partial charge in [0.15, 0.2) is 0 Å². The molecule has 1 aromatic carbocycles. The van der Waals surface area contributed by atoms with E-state index in [9.17, 15) is 4.79 Å². The normalized spacial score (nSPS) is 20.3. The molecule has 1 saturated heterocycles. The molecular formula is C13H14N2O2S. The van der Waals surface area contributed by atoms with E-state index in [4.69, 9.17) is 4.74 Å². The Morgan fingerprint density at radius 2 is 2.44 bits per heavy atom. The topological polar surface area (TPSA) is 42.4 Å². The number of carbonyl (C=O) groups is 1. The van der Waals surface area contributed by atoms with Gasteiger partial charge in [0.1, 0.15) is 0 Å². The molecule has 1 aliphatic rings. The van der Waals surface area contributed by atoms with Gasteiger partial charge in [-0.3, -0.25) is 4.79 Å². The first-order valence-corrected chi connectivity index (χ1v) is 6.86. The highest BCUT2D eigenvalue weighted by molar-refractivity contribution is 7.16. The average molecular weight is 262 g/mol.